The average Bonchev–Trinajstić information content (AvgIpc) is 3.15. The molecule has 0 bridgehead atoms. The number of nitrogens with one attached hydrogen (secondary N) is 1. The van der Waals surface area contributed by atoms with Crippen molar-refractivity contribution in [3.8, 4) is 0 Å². The summed E-state index contributed by atoms with van der Waals surface area (Å²) >= 11 is 0. The van der Waals surface area contributed by atoms with Gasteiger partial charge in [-0.2, -0.15) is 0 Å². The molecule has 2 aliphatic heterocycles. The number of hydrogen-bond donors (Lipinski definition) is 1. The second-order valence-electron chi connectivity index (χ2n) is 6.85. The van der Waals surface area contributed by atoms with Gasteiger partial charge in [0.05, 0.1) is 12.2 Å². The smallest absolute Gasteiger partial charge is 0.289 e. The molecule has 2 saturated heterocycles. The zero-order chi connectivity index (χ0) is 16.4. The molecule has 1 aromatic heterocycles. The topological polar surface area (TPSA) is 71.8 Å². The van der Waals surface area contributed by atoms with Crippen molar-refractivity contribution in [2.45, 2.75) is 32.7 Å². The molecular formula is C17H24N2O4. The van der Waals surface area contributed by atoms with Crippen LogP contribution >= 0.6 is 0 Å². The van der Waals surface area contributed by atoms with Gasteiger partial charge in [-0.1, -0.05) is 0 Å². The summed E-state index contributed by atoms with van der Waals surface area (Å²) in [4.78, 5) is 27.0. The van der Waals surface area contributed by atoms with Crippen LogP contribution in [0.1, 0.15) is 37.2 Å². The maximum Gasteiger partial charge on any atom is 0.289 e. The summed E-state index contributed by atoms with van der Waals surface area (Å²) in [6, 6.07) is 3.46. The summed E-state index contributed by atoms with van der Waals surface area (Å²) in [5, 5.41) is 3.01. The Bertz CT molecular complexity index is 561. The molecule has 2 amide bonds. The van der Waals surface area contributed by atoms with Crippen molar-refractivity contribution in [2.75, 3.05) is 26.3 Å². The number of carbonyl (C=O) groups excluding carboxylic acids is 2. The second kappa shape index (κ2) is 6.35. The quantitative estimate of drug-likeness (QED) is 0.919. The van der Waals surface area contributed by atoms with Crippen molar-refractivity contribution in [3.63, 3.8) is 0 Å². The fourth-order valence-electron chi connectivity index (χ4n) is 3.71. The lowest BCUT2D eigenvalue weighted by Gasteiger charge is -2.37. The van der Waals surface area contributed by atoms with Crippen molar-refractivity contribution >= 4 is 11.8 Å². The van der Waals surface area contributed by atoms with Gasteiger partial charge < -0.3 is 19.4 Å². The molecule has 0 radical (unpaired) electrons. The highest BCUT2D eigenvalue weighted by Gasteiger charge is 2.52. The van der Waals surface area contributed by atoms with Crippen molar-refractivity contribution < 1.29 is 18.7 Å². The first-order valence-electron chi connectivity index (χ1n) is 8.23. The highest BCUT2D eigenvalue weighted by Crippen LogP contribution is 2.44. The van der Waals surface area contributed by atoms with Gasteiger partial charge in [0.15, 0.2) is 5.76 Å². The predicted molar refractivity (Wildman–Crippen MR) is 83.9 cm³/mol. The maximum absolute atomic E-state index is 12.7. The Balaban J connectivity index is 1.81. The van der Waals surface area contributed by atoms with E-state index in [9.17, 15) is 9.59 Å². The summed E-state index contributed by atoms with van der Waals surface area (Å²) < 4.78 is 10.7. The van der Waals surface area contributed by atoms with Crippen molar-refractivity contribution in [1.29, 1.82) is 0 Å². The first-order valence-corrected chi connectivity index (χ1v) is 8.23. The molecule has 1 aromatic rings. The lowest BCUT2D eigenvalue weighted by Crippen LogP contribution is -2.46. The van der Waals surface area contributed by atoms with E-state index in [-0.39, 0.29) is 29.2 Å². The molecule has 1 spiro atoms. The first kappa shape index (κ1) is 16.1. The first-order chi connectivity index (χ1) is 11.0. The Hall–Kier alpha value is -1.82. The number of carbonyl (C=O) groups is 2. The molecule has 0 saturated carbocycles. The van der Waals surface area contributed by atoms with Crippen molar-refractivity contribution in [2.24, 2.45) is 11.3 Å². The van der Waals surface area contributed by atoms with Crippen LogP contribution in [0.4, 0.5) is 0 Å². The van der Waals surface area contributed by atoms with Gasteiger partial charge in [-0.15, -0.1) is 0 Å². The summed E-state index contributed by atoms with van der Waals surface area (Å²) in [5.41, 5.74) is -0.181. The Morgan fingerprint density at radius 1 is 1.35 bits per heavy atom. The number of furan rings is 1. The minimum Gasteiger partial charge on any atom is -0.459 e. The van der Waals surface area contributed by atoms with E-state index in [2.05, 4.69) is 5.32 Å². The molecule has 6 nitrogen and oxygen atoms in total. The van der Waals surface area contributed by atoms with Crippen LogP contribution in [0, 0.1) is 11.3 Å². The van der Waals surface area contributed by atoms with Crippen LogP contribution in [-0.2, 0) is 9.53 Å². The van der Waals surface area contributed by atoms with Crippen LogP contribution in [-0.4, -0.2) is 49.1 Å². The number of ether oxygens (including phenoxy) is 1. The maximum atomic E-state index is 12.7. The van der Waals surface area contributed by atoms with E-state index >= 15 is 0 Å². The minimum absolute atomic E-state index is 0.0386. The Morgan fingerprint density at radius 3 is 2.70 bits per heavy atom. The van der Waals surface area contributed by atoms with Crippen molar-refractivity contribution in [3.05, 3.63) is 24.2 Å². The monoisotopic (exact) mass is 320 g/mol. The molecule has 6 heteroatoms. The van der Waals surface area contributed by atoms with Gasteiger partial charge in [-0.25, -0.2) is 0 Å². The zero-order valence-electron chi connectivity index (χ0n) is 13.7. The van der Waals surface area contributed by atoms with E-state index in [0.717, 1.165) is 12.8 Å². The molecule has 0 unspecified atom stereocenters. The van der Waals surface area contributed by atoms with Crippen LogP contribution in [0.25, 0.3) is 0 Å². The third kappa shape index (κ3) is 3.13. The van der Waals surface area contributed by atoms with Crippen LogP contribution < -0.4 is 5.32 Å². The van der Waals surface area contributed by atoms with E-state index < -0.39 is 0 Å². The molecule has 3 heterocycles. The molecule has 2 aliphatic rings. The molecule has 1 atom stereocenters. The highest BCUT2D eigenvalue weighted by atomic mass is 16.5. The Kier molecular flexibility index (Phi) is 4.43. The van der Waals surface area contributed by atoms with E-state index in [1.165, 1.54) is 6.26 Å². The summed E-state index contributed by atoms with van der Waals surface area (Å²) in [5.74, 6) is 0.0437. The molecular weight excluding hydrogens is 296 g/mol. The standard InChI is InChI=1S/C17H24N2O4/c1-12(2)18-15(20)13-10-19(16(21)14-4-3-7-23-14)11-17(13)5-8-22-9-6-17/h3-4,7,12-13H,5-6,8-11H2,1-2H3,(H,18,20)/t13-/m0/s1. The Morgan fingerprint density at radius 2 is 2.09 bits per heavy atom. The molecule has 2 fully saturated rings. The molecule has 126 valence electrons. The summed E-state index contributed by atoms with van der Waals surface area (Å²) in [6.45, 7) is 6.23. The van der Waals surface area contributed by atoms with Gasteiger partial charge >= 0.3 is 0 Å². The number of likely N-dealkylation sites (tertiary alicyclic amines) is 1. The second-order valence-corrected chi connectivity index (χ2v) is 6.85. The van der Waals surface area contributed by atoms with Crippen molar-refractivity contribution in [1.82, 2.24) is 10.2 Å². The zero-order valence-corrected chi connectivity index (χ0v) is 13.7. The molecule has 1 N–H and O–H groups in total. The van der Waals surface area contributed by atoms with Gasteiger partial charge in [0.25, 0.3) is 5.91 Å². The van der Waals surface area contributed by atoms with Gasteiger partial charge in [0, 0.05) is 37.8 Å². The van der Waals surface area contributed by atoms with E-state index in [4.69, 9.17) is 9.15 Å². The van der Waals surface area contributed by atoms with E-state index in [0.29, 0.717) is 32.1 Å². The van der Waals surface area contributed by atoms with Gasteiger partial charge in [-0.05, 0) is 38.8 Å². The normalized spacial score (nSPS) is 23.4. The van der Waals surface area contributed by atoms with Crippen LogP contribution in [0.2, 0.25) is 0 Å². The fourth-order valence-corrected chi connectivity index (χ4v) is 3.71. The summed E-state index contributed by atoms with van der Waals surface area (Å²) in [7, 11) is 0. The van der Waals surface area contributed by atoms with Crippen LogP contribution in [0.15, 0.2) is 22.8 Å². The lowest BCUT2D eigenvalue weighted by atomic mass is 9.71. The van der Waals surface area contributed by atoms with E-state index in [1.807, 2.05) is 13.8 Å². The molecule has 3 rings (SSSR count). The summed E-state index contributed by atoms with van der Waals surface area (Å²) in [6.07, 6.45) is 3.12. The Labute approximate surface area is 136 Å². The number of rotatable bonds is 3. The molecule has 0 aromatic carbocycles. The van der Waals surface area contributed by atoms with Crippen LogP contribution in [0.3, 0.4) is 0 Å². The number of nitrogens with zero attached hydrogens (tertiary/aromatic N) is 1. The fraction of sp³-hybridized carbons (Fsp3) is 0.647. The number of hydrogen-bond acceptors (Lipinski definition) is 4. The minimum atomic E-state index is -0.187. The lowest BCUT2D eigenvalue weighted by molar-refractivity contribution is -0.130. The van der Waals surface area contributed by atoms with Gasteiger partial charge in [0.2, 0.25) is 5.91 Å². The highest BCUT2D eigenvalue weighted by molar-refractivity contribution is 5.92. The SMILES string of the molecule is CC(C)NC(=O)[C@@H]1CN(C(=O)c2ccco2)CC12CCOCC2. The average molecular weight is 320 g/mol. The molecule has 0 aliphatic carbocycles. The molecule has 23 heavy (non-hydrogen) atoms. The van der Waals surface area contributed by atoms with Gasteiger partial charge in [-0.3, -0.25) is 9.59 Å². The van der Waals surface area contributed by atoms with Crippen LogP contribution in [0.5, 0.6) is 0 Å². The van der Waals surface area contributed by atoms with E-state index in [1.54, 1.807) is 17.0 Å². The third-order valence-corrected chi connectivity index (χ3v) is 4.90. The van der Waals surface area contributed by atoms with Gasteiger partial charge in [0.1, 0.15) is 0 Å². The third-order valence-electron chi connectivity index (χ3n) is 4.90. The number of amides is 2. The largest absolute Gasteiger partial charge is 0.459 e. The predicted octanol–water partition coefficient (Wildman–Crippen LogP) is 1.67.